The molecule has 3 nitrogen and oxygen atoms in total. The summed E-state index contributed by atoms with van der Waals surface area (Å²) in [6.07, 6.45) is 5.56. The van der Waals surface area contributed by atoms with Crippen molar-refractivity contribution in [1.29, 1.82) is 0 Å². The van der Waals surface area contributed by atoms with Crippen molar-refractivity contribution in [2.24, 2.45) is 0 Å². The van der Waals surface area contributed by atoms with Crippen LogP contribution in [0.15, 0.2) is 18.3 Å². The monoisotopic (exact) mass is 220 g/mol. The van der Waals surface area contributed by atoms with Crippen LogP contribution in [0.3, 0.4) is 0 Å². The van der Waals surface area contributed by atoms with Gasteiger partial charge in [0, 0.05) is 31.5 Å². The van der Waals surface area contributed by atoms with Crippen LogP contribution in [0.5, 0.6) is 0 Å². The minimum absolute atomic E-state index is 0.659. The molecule has 0 amide bonds. The van der Waals surface area contributed by atoms with Gasteiger partial charge in [-0.25, -0.2) is 0 Å². The van der Waals surface area contributed by atoms with Gasteiger partial charge in [-0.1, -0.05) is 6.07 Å². The van der Waals surface area contributed by atoms with E-state index in [-0.39, 0.29) is 0 Å². The number of aryl methyl sites for hydroxylation is 1. The predicted octanol–water partition coefficient (Wildman–Crippen LogP) is 1.74. The summed E-state index contributed by atoms with van der Waals surface area (Å²) in [5.41, 5.74) is 2.78. The van der Waals surface area contributed by atoms with Crippen molar-refractivity contribution in [3.05, 3.63) is 29.6 Å². The number of nitrogens with one attached hydrogen (secondary N) is 1. The summed E-state index contributed by atoms with van der Waals surface area (Å²) in [6.45, 7) is 2.79. The Morgan fingerprint density at radius 2 is 2.44 bits per heavy atom. The Hall–Kier alpha value is -0.930. The van der Waals surface area contributed by atoms with Crippen LogP contribution in [-0.4, -0.2) is 31.8 Å². The molecule has 0 saturated carbocycles. The Morgan fingerprint density at radius 1 is 1.50 bits per heavy atom. The largest absolute Gasteiger partial charge is 0.383 e. The third-order valence-electron chi connectivity index (χ3n) is 3.23. The summed E-state index contributed by atoms with van der Waals surface area (Å²) >= 11 is 0. The van der Waals surface area contributed by atoms with Crippen molar-refractivity contribution in [2.45, 2.75) is 25.2 Å². The number of hydrogen-bond donors (Lipinski definition) is 1. The maximum absolute atomic E-state index is 5.00. The topological polar surface area (TPSA) is 34.1 Å². The normalized spacial score (nSPS) is 18.7. The Morgan fingerprint density at radius 3 is 3.31 bits per heavy atom. The molecule has 1 heterocycles. The Labute approximate surface area is 97.2 Å². The summed E-state index contributed by atoms with van der Waals surface area (Å²) in [5, 5.41) is 3.39. The van der Waals surface area contributed by atoms with Crippen LogP contribution in [0.4, 0.5) is 0 Å². The molecule has 0 fully saturated rings. The second kappa shape index (κ2) is 5.97. The van der Waals surface area contributed by atoms with Gasteiger partial charge >= 0.3 is 0 Å². The minimum atomic E-state index is 0.659. The highest BCUT2D eigenvalue weighted by molar-refractivity contribution is 5.28. The fraction of sp³-hybridized carbons (Fsp3) is 0.615. The van der Waals surface area contributed by atoms with E-state index >= 15 is 0 Å². The Kier molecular flexibility index (Phi) is 4.31. The molecule has 0 saturated heterocycles. The summed E-state index contributed by atoms with van der Waals surface area (Å²) in [5.74, 6) is 0.659. The van der Waals surface area contributed by atoms with Crippen molar-refractivity contribution in [2.75, 3.05) is 26.8 Å². The molecule has 88 valence electrons. The molecule has 0 aliphatic heterocycles. The number of pyridine rings is 1. The predicted molar refractivity (Wildman–Crippen MR) is 64.7 cm³/mol. The first-order chi connectivity index (χ1) is 7.92. The highest BCUT2D eigenvalue weighted by Gasteiger charge is 2.22. The van der Waals surface area contributed by atoms with Crippen LogP contribution < -0.4 is 5.32 Å². The lowest BCUT2D eigenvalue weighted by Gasteiger charge is -2.10. The minimum Gasteiger partial charge on any atom is -0.383 e. The van der Waals surface area contributed by atoms with Gasteiger partial charge in [0.25, 0.3) is 0 Å². The first-order valence-electron chi connectivity index (χ1n) is 6.05. The Bertz CT molecular complexity index is 327. The van der Waals surface area contributed by atoms with E-state index in [1.807, 2.05) is 12.3 Å². The number of methoxy groups -OCH3 is 1. The molecule has 1 unspecified atom stereocenters. The molecule has 1 aromatic heterocycles. The maximum atomic E-state index is 5.00. The summed E-state index contributed by atoms with van der Waals surface area (Å²) < 4.78 is 5.00. The molecule has 0 radical (unpaired) electrons. The number of aromatic nitrogens is 1. The molecule has 0 spiro atoms. The van der Waals surface area contributed by atoms with Crippen LogP contribution in [0.25, 0.3) is 0 Å². The molecular formula is C13H20N2O. The number of fused-ring (bicyclic) bond motifs is 1. The fourth-order valence-corrected chi connectivity index (χ4v) is 2.35. The molecule has 1 aliphatic carbocycles. The molecule has 0 bridgehead atoms. The van der Waals surface area contributed by atoms with Crippen molar-refractivity contribution in [1.82, 2.24) is 10.3 Å². The SMILES string of the molecule is COCCNCCC1CCc2cccnc21. The lowest BCUT2D eigenvalue weighted by atomic mass is 10.0. The zero-order valence-corrected chi connectivity index (χ0v) is 9.91. The van der Waals surface area contributed by atoms with Gasteiger partial charge in [-0.3, -0.25) is 4.98 Å². The van der Waals surface area contributed by atoms with E-state index in [1.54, 1.807) is 7.11 Å². The molecule has 1 aromatic rings. The number of hydrogen-bond acceptors (Lipinski definition) is 3. The third kappa shape index (κ3) is 2.80. The van der Waals surface area contributed by atoms with E-state index in [0.29, 0.717) is 5.92 Å². The van der Waals surface area contributed by atoms with E-state index in [4.69, 9.17) is 4.74 Å². The van der Waals surface area contributed by atoms with Gasteiger partial charge in [-0.15, -0.1) is 0 Å². The average molecular weight is 220 g/mol. The van der Waals surface area contributed by atoms with E-state index in [1.165, 1.54) is 30.5 Å². The highest BCUT2D eigenvalue weighted by atomic mass is 16.5. The van der Waals surface area contributed by atoms with E-state index < -0.39 is 0 Å². The second-order valence-electron chi connectivity index (χ2n) is 4.31. The molecule has 1 atom stereocenters. The molecule has 3 heteroatoms. The second-order valence-corrected chi connectivity index (χ2v) is 4.31. The van der Waals surface area contributed by atoms with Gasteiger partial charge in [0.15, 0.2) is 0 Å². The smallest absolute Gasteiger partial charge is 0.0587 e. The van der Waals surface area contributed by atoms with Gasteiger partial charge < -0.3 is 10.1 Å². The third-order valence-corrected chi connectivity index (χ3v) is 3.23. The lowest BCUT2D eigenvalue weighted by molar-refractivity contribution is 0.199. The molecule has 1 aliphatic rings. The van der Waals surface area contributed by atoms with Crippen molar-refractivity contribution < 1.29 is 4.74 Å². The lowest BCUT2D eigenvalue weighted by Crippen LogP contribution is -2.21. The van der Waals surface area contributed by atoms with E-state index in [9.17, 15) is 0 Å². The van der Waals surface area contributed by atoms with Crippen LogP contribution >= 0.6 is 0 Å². The Balaban J connectivity index is 1.76. The molecule has 16 heavy (non-hydrogen) atoms. The van der Waals surface area contributed by atoms with Crippen molar-refractivity contribution >= 4 is 0 Å². The zero-order chi connectivity index (χ0) is 11.2. The van der Waals surface area contributed by atoms with Gasteiger partial charge in [0.2, 0.25) is 0 Å². The van der Waals surface area contributed by atoms with Gasteiger partial charge in [0.1, 0.15) is 0 Å². The average Bonchev–Trinajstić information content (AvgIpc) is 2.73. The zero-order valence-electron chi connectivity index (χ0n) is 9.91. The van der Waals surface area contributed by atoms with Gasteiger partial charge in [-0.05, 0) is 37.4 Å². The van der Waals surface area contributed by atoms with Crippen molar-refractivity contribution in [3.8, 4) is 0 Å². The summed E-state index contributed by atoms with van der Waals surface area (Å²) in [4.78, 5) is 4.50. The van der Waals surface area contributed by atoms with Gasteiger partial charge in [-0.2, -0.15) is 0 Å². The fourth-order valence-electron chi connectivity index (χ4n) is 2.35. The standard InChI is InChI=1S/C13H20N2O/c1-16-10-9-14-8-6-12-5-4-11-3-2-7-15-13(11)12/h2-3,7,12,14H,4-6,8-10H2,1H3. The summed E-state index contributed by atoms with van der Waals surface area (Å²) in [7, 11) is 1.73. The van der Waals surface area contributed by atoms with Crippen LogP contribution in [0.2, 0.25) is 0 Å². The quantitative estimate of drug-likeness (QED) is 0.741. The number of nitrogens with zero attached hydrogens (tertiary/aromatic N) is 1. The molecular weight excluding hydrogens is 200 g/mol. The van der Waals surface area contributed by atoms with E-state index in [0.717, 1.165) is 19.7 Å². The van der Waals surface area contributed by atoms with Gasteiger partial charge in [0.05, 0.1) is 6.61 Å². The molecule has 0 aromatic carbocycles. The van der Waals surface area contributed by atoms with E-state index in [2.05, 4.69) is 16.4 Å². The number of ether oxygens (including phenoxy) is 1. The summed E-state index contributed by atoms with van der Waals surface area (Å²) in [6, 6.07) is 4.25. The highest BCUT2D eigenvalue weighted by Crippen LogP contribution is 2.32. The first kappa shape index (κ1) is 11.6. The molecule has 1 N–H and O–H groups in total. The number of rotatable bonds is 6. The van der Waals surface area contributed by atoms with Crippen LogP contribution in [0.1, 0.15) is 30.0 Å². The first-order valence-corrected chi connectivity index (χ1v) is 6.05. The maximum Gasteiger partial charge on any atom is 0.0587 e. The molecule has 2 rings (SSSR count). The van der Waals surface area contributed by atoms with Crippen LogP contribution in [0, 0.1) is 0 Å². The van der Waals surface area contributed by atoms with Crippen LogP contribution in [-0.2, 0) is 11.2 Å². The van der Waals surface area contributed by atoms with Crippen molar-refractivity contribution in [3.63, 3.8) is 0 Å².